The van der Waals surface area contributed by atoms with Crippen LogP contribution >= 0.6 is 23.2 Å². The summed E-state index contributed by atoms with van der Waals surface area (Å²) in [6, 6.07) is 10.9. The highest BCUT2D eigenvalue weighted by Gasteiger charge is 2.18. The number of carbonyl (C=O) groups excluding carboxylic acids is 2. The van der Waals surface area contributed by atoms with Crippen molar-refractivity contribution in [3.8, 4) is 0 Å². The van der Waals surface area contributed by atoms with Gasteiger partial charge in [-0.2, -0.15) is 0 Å². The second-order valence-corrected chi connectivity index (χ2v) is 7.06. The maximum atomic E-state index is 13.0. The molecule has 2 heterocycles. The molecule has 8 nitrogen and oxygen atoms in total. The number of nitrogens with two attached hydrogens (primary N) is 1. The molecular formula is C20H14Cl2N6O2. The van der Waals surface area contributed by atoms with E-state index in [0.29, 0.717) is 38.6 Å². The van der Waals surface area contributed by atoms with Crippen LogP contribution in [0.15, 0.2) is 55.0 Å². The van der Waals surface area contributed by atoms with Crippen molar-refractivity contribution in [2.24, 2.45) is 0 Å². The molecule has 0 saturated carbocycles. The number of hydrogen-bond acceptors (Lipinski definition) is 5. The van der Waals surface area contributed by atoms with E-state index in [4.69, 9.17) is 28.9 Å². The molecule has 2 aromatic heterocycles. The molecule has 0 bridgehead atoms. The summed E-state index contributed by atoms with van der Waals surface area (Å²) in [5, 5.41) is 6.29. The summed E-state index contributed by atoms with van der Waals surface area (Å²) in [5.74, 6) is -0.0821. The lowest BCUT2D eigenvalue weighted by atomic mass is 10.0. The Labute approximate surface area is 180 Å². The monoisotopic (exact) mass is 440 g/mol. The maximum absolute atomic E-state index is 13.0. The number of halogens is 2. The molecule has 4 rings (SSSR count). The molecule has 30 heavy (non-hydrogen) atoms. The number of benzene rings is 2. The Balaban J connectivity index is 1.56. The quantitative estimate of drug-likeness (QED) is 0.341. The lowest BCUT2D eigenvalue weighted by Gasteiger charge is -2.10. The Bertz CT molecular complexity index is 1290. The number of aromatic nitrogens is 3. The van der Waals surface area contributed by atoms with Gasteiger partial charge in [0, 0.05) is 17.4 Å². The minimum absolute atomic E-state index is 0.205. The van der Waals surface area contributed by atoms with Gasteiger partial charge < -0.3 is 21.4 Å². The van der Waals surface area contributed by atoms with Gasteiger partial charge in [0.15, 0.2) is 5.78 Å². The molecule has 0 fully saturated rings. The largest absolute Gasteiger partial charge is 0.383 e. The lowest BCUT2D eigenvalue weighted by Crippen LogP contribution is -2.19. The summed E-state index contributed by atoms with van der Waals surface area (Å²) in [6.45, 7) is 0. The molecule has 0 saturated heterocycles. The van der Waals surface area contributed by atoms with Gasteiger partial charge in [-0.15, -0.1) is 0 Å². The number of carbonyl (C=O) groups is 2. The summed E-state index contributed by atoms with van der Waals surface area (Å²) in [4.78, 5) is 36.2. The summed E-state index contributed by atoms with van der Waals surface area (Å²) in [7, 11) is 0. The van der Waals surface area contributed by atoms with Crippen molar-refractivity contribution in [3.05, 3.63) is 76.2 Å². The molecule has 0 aliphatic heterocycles. The normalized spacial score (nSPS) is 10.7. The number of ketones is 1. The van der Waals surface area contributed by atoms with Crippen molar-refractivity contribution in [1.29, 1.82) is 0 Å². The number of rotatable bonds is 4. The standard InChI is InChI=1S/C20H14Cl2N6O2/c21-13-5-2-6-14(16(13)22)28-20(30)27-11-4-1-3-10(7-11)17(29)12-8-24-19-15(12)18(23)25-9-26-19/h1-9H,(H2,27,28,30)(H3,23,24,25,26). The van der Waals surface area contributed by atoms with Crippen LogP contribution in [-0.4, -0.2) is 26.8 Å². The zero-order valence-corrected chi connectivity index (χ0v) is 16.8. The number of nitrogens with one attached hydrogen (secondary N) is 3. The third-order valence-electron chi connectivity index (χ3n) is 4.33. The van der Waals surface area contributed by atoms with Crippen LogP contribution < -0.4 is 16.4 Å². The van der Waals surface area contributed by atoms with Gasteiger partial charge in [0.05, 0.1) is 26.7 Å². The first-order valence-corrected chi connectivity index (χ1v) is 9.44. The SMILES string of the molecule is Nc1ncnc2[nH]cc(C(=O)c3cccc(NC(=O)Nc4cccc(Cl)c4Cl)c3)c12. The fourth-order valence-electron chi connectivity index (χ4n) is 2.94. The van der Waals surface area contributed by atoms with E-state index in [1.165, 1.54) is 12.5 Å². The van der Waals surface area contributed by atoms with E-state index in [1.54, 1.807) is 42.5 Å². The average Bonchev–Trinajstić information content (AvgIpc) is 3.16. The molecule has 0 spiro atoms. The first kappa shape index (κ1) is 19.7. The summed E-state index contributed by atoms with van der Waals surface area (Å²) < 4.78 is 0. The predicted molar refractivity (Wildman–Crippen MR) is 117 cm³/mol. The fraction of sp³-hybridized carbons (Fsp3) is 0. The van der Waals surface area contributed by atoms with E-state index in [0.717, 1.165) is 0 Å². The molecule has 4 aromatic rings. The fourth-order valence-corrected chi connectivity index (χ4v) is 3.29. The smallest absolute Gasteiger partial charge is 0.323 e. The molecule has 0 aliphatic carbocycles. The van der Waals surface area contributed by atoms with Crippen LogP contribution in [0.5, 0.6) is 0 Å². The van der Waals surface area contributed by atoms with Crippen LogP contribution in [0.3, 0.4) is 0 Å². The first-order valence-electron chi connectivity index (χ1n) is 8.68. The van der Waals surface area contributed by atoms with Gasteiger partial charge in [-0.25, -0.2) is 14.8 Å². The Morgan fingerprint density at radius 2 is 1.83 bits per heavy atom. The number of nitrogen functional groups attached to an aromatic ring is 1. The maximum Gasteiger partial charge on any atom is 0.323 e. The number of amides is 2. The summed E-state index contributed by atoms with van der Waals surface area (Å²) >= 11 is 12.0. The lowest BCUT2D eigenvalue weighted by molar-refractivity contribution is 0.104. The molecular weight excluding hydrogens is 427 g/mol. The molecule has 5 N–H and O–H groups in total. The summed E-state index contributed by atoms with van der Waals surface area (Å²) in [6.07, 6.45) is 2.85. The van der Waals surface area contributed by atoms with Crippen molar-refractivity contribution in [1.82, 2.24) is 15.0 Å². The Kier molecular flexibility index (Phi) is 5.26. The Morgan fingerprint density at radius 3 is 2.67 bits per heavy atom. The molecule has 0 aliphatic rings. The van der Waals surface area contributed by atoms with Gasteiger partial charge in [0.25, 0.3) is 0 Å². The van der Waals surface area contributed by atoms with Crippen molar-refractivity contribution in [2.45, 2.75) is 0 Å². The van der Waals surface area contributed by atoms with E-state index in [2.05, 4.69) is 25.6 Å². The minimum Gasteiger partial charge on any atom is -0.383 e. The molecule has 150 valence electrons. The number of fused-ring (bicyclic) bond motifs is 1. The summed E-state index contributed by atoms with van der Waals surface area (Å²) in [5.41, 5.74) is 7.85. The molecule has 0 unspecified atom stereocenters. The van der Waals surface area contributed by atoms with Crippen LogP contribution in [-0.2, 0) is 0 Å². The predicted octanol–water partition coefficient (Wildman–Crippen LogP) is 4.72. The molecule has 2 aromatic carbocycles. The van der Waals surface area contributed by atoms with Gasteiger partial charge in [0.2, 0.25) is 0 Å². The van der Waals surface area contributed by atoms with Crippen molar-refractivity contribution < 1.29 is 9.59 Å². The van der Waals surface area contributed by atoms with E-state index in [9.17, 15) is 9.59 Å². The topological polar surface area (TPSA) is 126 Å². The third-order valence-corrected chi connectivity index (χ3v) is 5.15. The highest BCUT2D eigenvalue weighted by atomic mass is 35.5. The highest BCUT2D eigenvalue weighted by molar-refractivity contribution is 6.44. The van der Waals surface area contributed by atoms with Crippen LogP contribution in [0.2, 0.25) is 10.0 Å². The van der Waals surface area contributed by atoms with Gasteiger partial charge in [0.1, 0.15) is 17.8 Å². The van der Waals surface area contributed by atoms with Gasteiger partial charge >= 0.3 is 6.03 Å². The Hall–Kier alpha value is -3.62. The number of aromatic amines is 1. The number of urea groups is 1. The van der Waals surface area contributed by atoms with E-state index in [-0.39, 0.29) is 16.6 Å². The van der Waals surface area contributed by atoms with Crippen LogP contribution in [0.25, 0.3) is 11.0 Å². The van der Waals surface area contributed by atoms with Crippen molar-refractivity contribution in [2.75, 3.05) is 16.4 Å². The number of nitrogens with zero attached hydrogens (tertiary/aromatic N) is 2. The molecule has 10 heteroatoms. The number of hydrogen-bond donors (Lipinski definition) is 4. The second-order valence-electron chi connectivity index (χ2n) is 6.28. The third kappa shape index (κ3) is 3.78. The van der Waals surface area contributed by atoms with E-state index < -0.39 is 6.03 Å². The van der Waals surface area contributed by atoms with Crippen molar-refractivity contribution >= 4 is 63.2 Å². The minimum atomic E-state index is -0.534. The first-order chi connectivity index (χ1) is 14.4. The van der Waals surface area contributed by atoms with Gasteiger partial charge in [-0.1, -0.05) is 41.4 Å². The molecule has 0 atom stereocenters. The van der Waals surface area contributed by atoms with Gasteiger partial charge in [-0.3, -0.25) is 4.79 Å². The Morgan fingerprint density at radius 1 is 1.03 bits per heavy atom. The molecule has 0 radical (unpaired) electrons. The molecule has 2 amide bonds. The number of anilines is 3. The van der Waals surface area contributed by atoms with Gasteiger partial charge in [-0.05, 0) is 24.3 Å². The van der Waals surface area contributed by atoms with Crippen LogP contribution in [0.1, 0.15) is 15.9 Å². The van der Waals surface area contributed by atoms with Crippen LogP contribution in [0.4, 0.5) is 22.0 Å². The van der Waals surface area contributed by atoms with E-state index in [1.807, 2.05) is 0 Å². The van der Waals surface area contributed by atoms with E-state index >= 15 is 0 Å². The van der Waals surface area contributed by atoms with Crippen LogP contribution in [0, 0.1) is 0 Å². The number of H-pyrrole nitrogens is 1. The highest BCUT2D eigenvalue weighted by Crippen LogP contribution is 2.29. The average molecular weight is 441 g/mol. The second kappa shape index (κ2) is 8.02. The zero-order chi connectivity index (χ0) is 21.3. The zero-order valence-electron chi connectivity index (χ0n) is 15.2. The van der Waals surface area contributed by atoms with Crippen molar-refractivity contribution in [3.63, 3.8) is 0 Å².